The summed E-state index contributed by atoms with van der Waals surface area (Å²) in [6, 6.07) is 1.30. The molecule has 2 N–H and O–H groups in total. The topological polar surface area (TPSA) is 32.5 Å². The van der Waals surface area contributed by atoms with Crippen LogP contribution in [0.1, 0.15) is 33.6 Å². The SMILES string of the molecule is CC(C)N(C)CC1CCCN1C(C)N. The van der Waals surface area contributed by atoms with Crippen LogP contribution in [0.4, 0.5) is 0 Å². The Bertz CT molecular complexity index is 168. The standard InChI is InChI=1S/C11H25N3/c1-9(2)13(4)8-11-6-5-7-14(11)10(3)12/h9-11H,5-8,12H2,1-4H3. The molecule has 0 saturated carbocycles. The molecule has 1 aliphatic rings. The molecule has 1 saturated heterocycles. The number of nitrogens with two attached hydrogens (primary N) is 1. The first-order chi connectivity index (χ1) is 6.52. The normalized spacial score (nSPS) is 26.4. The zero-order valence-electron chi connectivity index (χ0n) is 10.0. The largest absolute Gasteiger partial charge is 0.316 e. The van der Waals surface area contributed by atoms with Gasteiger partial charge in [0.05, 0.1) is 6.17 Å². The van der Waals surface area contributed by atoms with Crippen molar-refractivity contribution in [1.29, 1.82) is 0 Å². The van der Waals surface area contributed by atoms with Gasteiger partial charge in [-0.15, -0.1) is 0 Å². The van der Waals surface area contributed by atoms with E-state index in [9.17, 15) is 0 Å². The number of nitrogens with zero attached hydrogens (tertiary/aromatic N) is 2. The second kappa shape index (κ2) is 5.10. The van der Waals surface area contributed by atoms with Gasteiger partial charge in [-0.2, -0.15) is 0 Å². The molecule has 0 aromatic carbocycles. The van der Waals surface area contributed by atoms with Gasteiger partial charge in [0.15, 0.2) is 0 Å². The van der Waals surface area contributed by atoms with Crippen LogP contribution in [0.25, 0.3) is 0 Å². The lowest BCUT2D eigenvalue weighted by molar-refractivity contribution is 0.140. The Hall–Kier alpha value is -0.120. The molecular formula is C11H25N3. The average molecular weight is 199 g/mol. The molecule has 0 bridgehead atoms. The van der Waals surface area contributed by atoms with E-state index in [4.69, 9.17) is 5.73 Å². The van der Waals surface area contributed by atoms with Crippen molar-refractivity contribution >= 4 is 0 Å². The number of hydrogen-bond donors (Lipinski definition) is 1. The van der Waals surface area contributed by atoms with Gasteiger partial charge < -0.3 is 10.6 Å². The molecule has 0 spiro atoms. The molecule has 3 heteroatoms. The molecule has 0 aliphatic carbocycles. The number of likely N-dealkylation sites (N-methyl/N-ethyl adjacent to an activating group) is 1. The average Bonchev–Trinajstić information content (AvgIpc) is 2.52. The molecule has 1 aliphatic heterocycles. The van der Waals surface area contributed by atoms with Gasteiger partial charge in [-0.3, -0.25) is 4.90 Å². The molecule has 14 heavy (non-hydrogen) atoms. The molecule has 1 rings (SSSR count). The Kier molecular flexibility index (Phi) is 4.35. The third-order valence-electron chi connectivity index (χ3n) is 3.33. The van der Waals surface area contributed by atoms with Crippen LogP contribution in [-0.2, 0) is 0 Å². The molecule has 0 amide bonds. The van der Waals surface area contributed by atoms with E-state index in [2.05, 4.69) is 37.6 Å². The molecule has 0 radical (unpaired) electrons. The van der Waals surface area contributed by atoms with E-state index >= 15 is 0 Å². The summed E-state index contributed by atoms with van der Waals surface area (Å²) >= 11 is 0. The monoisotopic (exact) mass is 199 g/mol. The molecule has 2 unspecified atom stereocenters. The van der Waals surface area contributed by atoms with Crippen molar-refractivity contribution < 1.29 is 0 Å². The Labute approximate surface area is 88.2 Å². The van der Waals surface area contributed by atoms with Crippen LogP contribution >= 0.6 is 0 Å². The van der Waals surface area contributed by atoms with Gasteiger partial charge >= 0.3 is 0 Å². The first-order valence-corrected chi connectivity index (χ1v) is 5.74. The van der Waals surface area contributed by atoms with Crippen LogP contribution < -0.4 is 5.73 Å². The second-order valence-electron chi connectivity index (χ2n) is 4.81. The van der Waals surface area contributed by atoms with E-state index in [1.807, 2.05) is 0 Å². The lowest BCUT2D eigenvalue weighted by Crippen LogP contribution is -2.48. The molecule has 2 atom stereocenters. The highest BCUT2D eigenvalue weighted by molar-refractivity contribution is 4.83. The Morgan fingerprint density at radius 2 is 2.07 bits per heavy atom. The molecule has 1 fully saturated rings. The minimum atomic E-state index is 0.211. The van der Waals surface area contributed by atoms with E-state index in [0.717, 1.165) is 6.54 Å². The van der Waals surface area contributed by atoms with Crippen LogP contribution in [0, 0.1) is 0 Å². The smallest absolute Gasteiger partial charge is 0.0545 e. The number of likely N-dealkylation sites (tertiary alicyclic amines) is 1. The predicted octanol–water partition coefficient (Wildman–Crippen LogP) is 1.10. The summed E-state index contributed by atoms with van der Waals surface area (Å²) in [5.41, 5.74) is 5.95. The van der Waals surface area contributed by atoms with Gasteiger partial charge in [0.25, 0.3) is 0 Å². The Morgan fingerprint density at radius 1 is 1.43 bits per heavy atom. The fraction of sp³-hybridized carbons (Fsp3) is 1.00. The van der Waals surface area contributed by atoms with Gasteiger partial charge in [0.2, 0.25) is 0 Å². The van der Waals surface area contributed by atoms with Crippen LogP contribution in [0.2, 0.25) is 0 Å². The molecule has 0 aromatic rings. The number of rotatable bonds is 4. The minimum Gasteiger partial charge on any atom is -0.316 e. The molecular weight excluding hydrogens is 174 g/mol. The van der Waals surface area contributed by atoms with Crippen molar-refractivity contribution in [2.45, 2.75) is 51.9 Å². The third-order valence-corrected chi connectivity index (χ3v) is 3.33. The highest BCUT2D eigenvalue weighted by Gasteiger charge is 2.27. The fourth-order valence-corrected chi connectivity index (χ4v) is 2.13. The second-order valence-corrected chi connectivity index (χ2v) is 4.81. The zero-order valence-corrected chi connectivity index (χ0v) is 10.0. The highest BCUT2D eigenvalue weighted by atomic mass is 15.3. The lowest BCUT2D eigenvalue weighted by atomic mass is 10.2. The molecule has 0 aromatic heterocycles. The van der Waals surface area contributed by atoms with Crippen molar-refractivity contribution in [2.24, 2.45) is 5.73 Å². The van der Waals surface area contributed by atoms with Crippen molar-refractivity contribution in [3.8, 4) is 0 Å². The maximum atomic E-state index is 5.95. The van der Waals surface area contributed by atoms with Gasteiger partial charge in [0, 0.05) is 25.2 Å². The first-order valence-electron chi connectivity index (χ1n) is 5.74. The molecule has 84 valence electrons. The first kappa shape index (κ1) is 12.0. The summed E-state index contributed by atoms with van der Waals surface area (Å²) in [5.74, 6) is 0. The molecule has 3 nitrogen and oxygen atoms in total. The Balaban J connectivity index is 2.43. The Morgan fingerprint density at radius 3 is 2.57 bits per heavy atom. The van der Waals surface area contributed by atoms with Crippen molar-refractivity contribution in [3.63, 3.8) is 0 Å². The molecule has 1 heterocycles. The maximum absolute atomic E-state index is 5.95. The quantitative estimate of drug-likeness (QED) is 0.736. The maximum Gasteiger partial charge on any atom is 0.0545 e. The van der Waals surface area contributed by atoms with Crippen molar-refractivity contribution in [3.05, 3.63) is 0 Å². The van der Waals surface area contributed by atoms with Crippen LogP contribution in [0.3, 0.4) is 0 Å². The highest BCUT2D eigenvalue weighted by Crippen LogP contribution is 2.19. The van der Waals surface area contributed by atoms with Crippen LogP contribution in [-0.4, -0.2) is 48.2 Å². The van der Waals surface area contributed by atoms with Crippen molar-refractivity contribution in [2.75, 3.05) is 20.1 Å². The summed E-state index contributed by atoms with van der Waals surface area (Å²) in [5, 5.41) is 0. The van der Waals surface area contributed by atoms with Gasteiger partial charge in [0.1, 0.15) is 0 Å². The summed E-state index contributed by atoms with van der Waals surface area (Å²) in [7, 11) is 2.20. The van der Waals surface area contributed by atoms with E-state index in [0.29, 0.717) is 12.1 Å². The predicted molar refractivity (Wildman–Crippen MR) is 61.1 cm³/mol. The van der Waals surface area contributed by atoms with Gasteiger partial charge in [-0.05, 0) is 40.7 Å². The fourth-order valence-electron chi connectivity index (χ4n) is 2.13. The van der Waals surface area contributed by atoms with E-state index in [-0.39, 0.29) is 6.17 Å². The minimum absolute atomic E-state index is 0.211. The zero-order chi connectivity index (χ0) is 10.7. The third kappa shape index (κ3) is 2.94. The van der Waals surface area contributed by atoms with Gasteiger partial charge in [-0.1, -0.05) is 0 Å². The van der Waals surface area contributed by atoms with Gasteiger partial charge in [-0.25, -0.2) is 0 Å². The lowest BCUT2D eigenvalue weighted by Gasteiger charge is -2.32. The van der Waals surface area contributed by atoms with E-state index in [1.54, 1.807) is 0 Å². The van der Waals surface area contributed by atoms with E-state index < -0.39 is 0 Å². The number of hydrogen-bond acceptors (Lipinski definition) is 3. The summed E-state index contributed by atoms with van der Waals surface area (Å²) in [6.45, 7) is 8.90. The summed E-state index contributed by atoms with van der Waals surface area (Å²) in [4.78, 5) is 4.84. The van der Waals surface area contributed by atoms with Crippen LogP contribution in [0.5, 0.6) is 0 Å². The van der Waals surface area contributed by atoms with Crippen LogP contribution in [0.15, 0.2) is 0 Å². The summed E-state index contributed by atoms with van der Waals surface area (Å²) < 4.78 is 0. The summed E-state index contributed by atoms with van der Waals surface area (Å²) in [6.07, 6.45) is 2.82. The van der Waals surface area contributed by atoms with Crippen molar-refractivity contribution in [1.82, 2.24) is 9.80 Å². The van der Waals surface area contributed by atoms with E-state index in [1.165, 1.54) is 19.4 Å².